The molecule has 1 N–H and O–H groups in total. The van der Waals surface area contributed by atoms with Crippen molar-refractivity contribution in [1.82, 2.24) is 5.32 Å². The monoisotopic (exact) mass is 323 g/mol. The molecule has 0 spiro atoms. The summed E-state index contributed by atoms with van der Waals surface area (Å²) in [5.74, 6) is -0.0982. The van der Waals surface area contributed by atoms with Gasteiger partial charge in [0, 0.05) is 12.1 Å². The van der Waals surface area contributed by atoms with E-state index in [0.717, 1.165) is 29.5 Å². The van der Waals surface area contributed by atoms with Crippen LogP contribution in [0.15, 0.2) is 36.4 Å². The van der Waals surface area contributed by atoms with Crippen LogP contribution in [0.4, 0.5) is 4.39 Å². The smallest absolute Gasteiger partial charge is 0.126 e. The summed E-state index contributed by atoms with van der Waals surface area (Å²) in [4.78, 5) is 0. The van der Waals surface area contributed by atoms with Gasteiger partial charge in [0.05, 0.1) is 10.0 Å². The molecule has 0 bridgehead atoms. The van der Waals surface area contributed by atoms with E-state index in [1.165, 1.54) is 6.07 Å². The van der Waals surface area contributed by atoms with E-state index in [2.05, 4.69) is 12.2 Å². The summed E-state index contributed by atoms with van der Waals surface area (Å²) in [6, 6.07) is 11.3. The van der Waals surface area contributed by atoms with E-state index in [4.69, 9.17) is 23.2 Å². The molecule has 0 radical (unpaired) electrons. The van der Waals surface area contributed by atoms with Crippen LogP contribution in [0.5, 0.6) is 0 Å². The van der Waals surface area contributed by atoms with Crippen LogP contribution in [-0.2, 0) is 6.42 Å². The molecule has 0 amide bonds. The van der Waals surface area contributed by atoms with Crippen molar-refractivity contribution >= 4 is 23.2 Å². The van der Waals surface area contributed by atoms with Crippen molar-refractivity contribution in [2.75, 3.05) is 0 Å². The SMILES string of the molecule is CC(NC1CCc2c(F)cccc21)c1ccc(Cl)c(Cl)c1. The molecular formula is C17H16Cl2FN. The minimum absolute atomic E-state index is 0.0982. The highest BCUT2D eigenvalue weighted by Gasteiger charge is 2.26. The Labute approximate surface area is 134 Å². The minimum Gasteiger partial charge on any atom is -0.303 e. The Balaban J connectivity index is 1.79. The van der Waals surface area contributed by atoms with Crippen LogP contribution in [0.2, 0.25) is 10.0 Å². The fraction of sp³-hybridized carbons (Fsp3) is 0.294. The summed E-state index contributed by atoms with van der Waals surface area (Å²) in [5, 5.41) is 4.67. The lowest BCUT2D eigenvalue weighted by Crippen LogP contribution is -2.23. The van der Waals surface area contributed by atoms with Gasteiger partial charge in [0.1, 0.15) is 5.82 Å². The van der Waals surface area contributed by atoms with Crippen molar-refractivity contribution < 1.29 is 4.39 Å². The molecule has 110 valence electrons. The Hall–Kier alpha value is -1.09. The Kier molecular flexibility index (Phi) is 4.21. The number of nitrogens with one attached hydrogen (secondary N) is 1. The van der Waals surface area contributed by atoms with Gasteiger partial charge in [-0.05, 0) is 54.7 Å². The van der Waals surface area contributed by atoms with Gasteiger partial charge in [-0.15, -0.1) is 0 Å². The van der Waals surface area contributed by atoms with Crippen molar-refractivity contribution in [3.63, 3.8) is 0 Å². The van der Waals surface area contributed by atoms with Gasteiger partial charge in [-0.1, -0.05) is 41.4 Å². The average Bonchev–Trinajstić information content (AvgIpc) is 2.86. The van der Waals surface area contributed by atoms with E-state index >= 15 is 0 Å². The number of halogens is 3. The Morgan fingerprint density at radius 1 is 1.19 bits per heavy atom. The molecule has 0 aromatic heterocycles. The fourth-order valence-corrected chi connectivity index (χ4v) is 3.27. The third-order valence-corrected chi connectivity index (χ3v) is 4.85. The number of benzene rings is 2. The van der Waals surface area contributed by atoms with Crippen molar-refractivity contribution in [3.05, 3.63) is 69.0 Å². The van der Waals surface area contributed by atoms with E-state index in [0.29, 0.717) is 10.0 Å². The predicted octanol–water partition coefficient (Wildman–Crippen LogP) is 5.47. The van der Waals surface area contributed by atoms with Crippen LogP contribution < -0.4 is 5.32 Å². The lowest BCUT2D eigenvalue weighted by molar-refractivity contribution is 0.465. The van der Waals surface area contributed by atoms with Gasteiger partial charge < -0.3 is 5.32 Å². The summed E-state index contributed by atoms with van der Waals surface area (Å²) in [6.45, 7) is 2.08. The Bertz CT molecular complexity index is 672. The van der Waals surface area contributed by atoms with Crippen molar-refractivity contribution in [3.8, 4) is 0 Å². The first-order valence-electron chi connectivity index (χ1n) is 7.04. The zero-order valence-electron chi connectivity index (χ0n) is 11.7. The summed E-state index contributed by atoms with van der Waals surface area (Å²) < 4.78 is 13.8. The van der Waals surface area contributed by atoms with Gasteiger partial charge in [-0.3, -0.25) is 0 Å². The van der Waals surface area contributed by atoms with E-state index in [-0.39, 0.29) is 17.9 Å². The third-order valence-electron chi connectivity index (χ3n) is 4.11. The maximum Gasteiger partial charge on any atom is 0.126 e. The van der Waals surface area contributed by atoms with Crippen molar-refractivity contribution in [2.24, 2.45) is 0 Å². The topological polar surface area (TPSA) is 12.0 Å². The first kappa shape index (κ1) is 14.8. The second kappa shape index (κ2) is 5.96. The molecule has 2 unspecified atom stereocenters. The number of hydrogen-bond donors (Lipinski definition) is 1. The molecule has 0 saturated heterocycles. The molecule has 0 saturated carbocycles. The van der Waals surface area contributed by atoms with E-state index < -0.39 is 0 Å². The van der Waals surface area contributed by atoms with Gasteiger partial charge >= 0.3 is 0 Å². The summed E-state index contributed by atoms with van der Waals surface area (Å²) in [7, 11) is 0. The second-order valence-corrected chi connectivity index (χ2v) is 6.28. The van der Waals surface area contributed by atoms with Crippen LogP contribution in [0.3, 0.4) is 0 Å². The highest BCUT2D eigenvalue weighted by Crippen LogP contribution is 2.35. The van der Waals surface area contributed by atoms with E-state index in [9.17, 15) is 4.39 Å². The van der Waals surface area contributed by atoms with Crippen LogP contribution in [0, 0.1) is 5.82 Å². The maximum atomic E-state index is 13.8. The summed E-state index contributed by atoms with van der Waals surface area (Å²) >= 11 is 12.0. The summed E-state index contributed by atoms with van der Waals surface area (Å²) in [5.41, 5.74) is 2.99. The van der Waals surface area contributed by atoms with Crippen LogP contribution in [0.1, 0.15) is 42.1 Å². The maximum absolute atomic E-state index is 13.8. The summed E-state index contributed by atoms with van der Waals surface area (Å²) in [6.07, 6.45) is 1.70. The molecule has 1 aliphatic carbocycles. The first-order chi connectivity index (χ1) is 10.1. The Morgan fingerprint density at radius 2 is 2.00 bits per heavy atom. The number of rotatable bonds is 3. The zero-order chi connectivity index (χ0) is 15.0. The molecule has 0 fully saturated rings. The fourth-order valence-electron chi connectivity index (χ4n) is 2.96. The molecule has 2 aromatic rings. The van der Waals surface area contributed by atoms with E-state index in [1.807, 2.05) is 18.2 Å². The van der Waals surface area contributed by atoms with E-state index in [1.54, 1.807) is 12.1 Å². The molecule has 21 heavy (non-hydrogen) atoms. The lowest BCUT2D eigenvalue weighted by atomic mass is 10.0. The molecule has 2 atom stereocenters. The van der Waals surface area contributed by atoms with Gasteiger partial charge in [0.25, 0.3) is 0 Å². The zero-order valence-corrected chi connectivity index (χ0v) is 13.2. The standard InChI is InChI=1S/C17H16Cl2FN/c1-10(11-5-7-14(18)15(19)9-11)21-17-8-6-12-13(17)3-2-4-16(12)20/h2-5,7,9-10,17,21H,6,8H2,1H3. The second-order valence-electron chi connectivity index (χ2n) is 5.46. The quantitative estimate of drug-likeness (QED) is 0.789. The molecular weight excluding hydrogens is 308 g/mol. The molecule has 0 aliphatic heterocycles. The van der Waals surface area contributed by atoms with Crippen LogP contribution >= 0.6 is 23.2 Å². The van der Waals surface area contributed by atoms with Crippen molar-refractivity contribution in [2.45, 2.75) is 31.8 Å². The molecule has 2 aromatic carbocycles. The highest BCUT2D eigenvalue weighted by molar-refractivity contribution is 6.42. The van der Waals surface area contributed by atoms with Gasteiger partial charge in [0.15, 0.2) is 0 Å². The third kappa shape index (κ3) is 2.94. The molecule has 1 nitrogen and oxygen atoms in total. The predicted molar refractivity (Wildman–Crippen MR) is 85.5 cm³/mol. The highest BCUT2D eigenvalue weighted by atomic mass is 35.5. The van der Waals surface area contributed by atoms with Gasteiger partial charge in [-0.2, -0.15) is 0 Å². The lowest BCUT2D eigenvalue weighted by Gasteiger charge is -2.21. The number of fused-ring (bicyclic) bond motifs is 1. The largest absolute Gasteiger partial charge is 0.303 e. The first-order valence-corrected chi connectivity index (χ1v) is 7.80. The van der Waals surface area contributed by atoms with Gasteiger partial charge in [0.2, 0.25) is 0 Å². The minimum atomic E-state index is -0.0982. The molecule has 0 heterocycles. The Morgan fingerprint density at radius 3 is 2.76 bits per heavy atom. The molecule has 3 rings (SSSR count). The van der Waals surface area contributed by atoms with Crippen molar-refractivity contribution in [1.29, 1.82) is 0 Å². The molecule has 4 heteroatoms. The average molecular weight is 324 g/mol. The number of hydrogen-bond acceptors (Lipinski definition) is 1. The van der Waals surface area contributed by atoms with Crippen LogP contribution in [0.25, 0.3) is 0 Å². The normalized spacial score (nSPS) is 18.6. The van der Waals surface area contributed by atoms with Gasteiger partial charge in [-0.25, -0.2) is 4.39 Å². The molecule has 1 aliphatic rings. The van der Waals surface area contributed by atoms with Crippen LogP contribution in [-0.4, -0.2) is 0 Å².